The van der Waals surface area contributed by atoms with E-state index in [1.807, 2.05) is 48.7 Å². The van der Waals surface area contributed by atoms with Crippen LogP contribution in [-0.2, 0) is 14.6 Å². The molecule has 6 nitrogen and oxygen atoms in total. The Bertz CT molecular complexity index is 1190. The second kappa shape index (κ2) is 8.28. The average molecular weight is 426 g/mol. The summed E-state index contributed by atoms with van der Waals surface area (Å²) in [4.78, 5) is 25.5. The van der Waals surface area contributed by atoms with Crippen molar-refractivity contribution in [2.75, 3.05) is 6.26 Å². The fraction of sp³-hybridized carbons (Fsp3) is 0.217. The molecule has 3 rings (SSSR count). The fourth-order valence-electron chi connectivity index (χ4n) is 3.33. The lowest BCUT2D eigenvalue weighted by atomic mass is 10.1. The number of ketones is 1. The number of carbonyl (C=O) groups excluding carboxylic acids is 2. The van der Waals surface area contributed by atoms with Crippen molar-refractivity contribution < 1.29 is 22.7 Å². The zero-order valence-electron chi connectivity index (χ0n) is 17.2. The van der Waals surface area contributed by atoms with Gasteiger partial charge in [0, 0.05) is 28.9 Å². The van der Waals surface area contributed by atoms with Crippen molar-refractivity contribution in [3.05, 3.63) is 83.2 Å². The molecule has 0 bridgehead atoms. The van der Waals surface area contributed by atoms with Crippen LogP contribution in [0.15, 0.2) is 65.6 Å². The molecule has 0 spiro atoms. The van der Waals surface area contributed by atoms with Crippen LogP contribution in [0.4, 0.5) is 0 Å². The van der Waals surface area contributed by atoms with E-state index in [1.165, 1.54) is 31.2 Å². The van der Waals surface area contributed by atoms with E-state index in [0.717, 1.165) is 23.3 Å². The Morgan fingerprint density at radius 1 is 0.967 bits per heavy atom. The summed E-state index contributed by atoms with van der Waals surface area (Å²) >= 11 is 0. The molecule has 0 fully saturated rings. The number of benzene rings is 2. The summed E-state index contributed by atoms with van der Waals surface area (Å²) in [5, 5.41) is 0. The monoisotopic (exact) mass is 425 g/mol. The highest BCUT2D eigenvalue weighted by atomic mass is 32.2. The number of ether oxygens (including phenoxy) is 1. The first kappa shape index (κ1) is 21.5. The minimum absolute atomic E-state index is 0.108. The molecular weight excluding hydrogens is 402 g/mol. The van der Waals surface area contributed by atoms with Gasteiger partial charge in [0.15, 0.2) is 15.9 Å². The third-order valence-corrected chi connectivity index (χ3v) is 6.01. The average Bonchev–Trinajstić information content (AvgIpc) is 3.01. The fourth-order valence-corrected chi connectivity index (χ4v) is 3.96. The summed E-state index contributed by atoms with van der Waals surface area (Å²) in [6.07, 6.45) is 0.101. The molecule has 1 aromatic heterocycles. The lowest BCUT2D eigenvalue weighted by Gasteiger charge is -2.13. The molecular formula is C23H23NO5S. The molecule has 7 heteroatoms. The first-order chi connectivity index (χ1) is 14.1. The Hall–Kier alpha value is -3.19. The maximum atomic E-state index is 12.9. The number of hydrogen-bond acceptors (Lipinski definition) is 5. The van der Waals surface area contributed by atoms with Crippen molar-refractivity contribution in [1.82, 2.24) is 4.57 Å². The number of nitrogens with zero attached hydrogens (tertiary/aromatic N) is 1. The number of para-hydroxylation sites is 1. The number of Topliss-reactive ketones (excluding diaryl/α,β-unsaturated/α-hetero) is 1. The van der Waals surface area contributed by atoms with Gasteiger partial charge >= 0.3 is 5.97 Å². The van der Waals surface area contributed by atoms with Gasteiger partial charge < -0.3 is 9.30 Å². The predicted molar refractivity (Wildman–Crippen MR) is 114 cm³/mol. The molecule has 0 radical (unpaired) electrons. The van der Waals surface area contributed by atoms with E-state index in [2.05, 4.69) is 0 Å². The molecule has 0 amide bonds. The normalized spacial score (nSPS) is 12.4. The minimum Gasteiger partial charge on any atom is -0.451 e. The van der Waals surface area contributed by atoms with E-state index in [1.54, 1.807) is 6.07 Å². The molecule has 0 aliphatic carbocycles. The summed E-state index contributed by atoms with van der Waals surface area (Å²) in [7, 11) is -3.36. The topological polar surface area (TPSA) is 82.4 Å². The van der Waals surface area contributed by atoms with Crippen LogP contribution in [0.3, 0.4) is 0 Å². The number of esters is 1. The van der Waals surface area contributed by atoms with Crippen LogP contribution in [0, 0.1) is 13.8 Å². The first-order valence-electron chi connectivity index (χ1n) is 9.39. The van der Waals surface area contributed by atoms with Gasteiger partial charge in [-0.05, 0) is 63.2 Å². The van der Waals surface area contributed by atoms with Crippen molar-refractivity contribution in [3.63, 3.8) is 0 Å². The predicted octanol–water partition coefficient (Wildman–Crippen LogP) is 3.93. The third kappa shape index (κ3) is 4.36. The van der Waals surface area contributed by atoms with Gasteiger partial charge in [-0.25, -0.2) is 13.2 Å². The Morgan fingerprint density at radius 2 is 1.57 bits per heavy atom. The van der Waals surface area contributed by atoms with E-state index < -0.39 is 21.9 Å². The number of hydrogen-bond donors (Lipinski definition) is 0. The minimum atomic E-state index is -3.36. The lowest BCUT2D eigenvalue weighted by Crippen LogP contribution is -2.25. The van der Waals surface area contributed by atoms with Gasteiger partial charge in [-0.15, -0.1) is 0 Å². The Kier molecular flexibility index (Phi) is 5.94. The lowest BCUT2D eigenvalue weighted by molar-refractivity contribution is 0.0318. The number of aryl methyl sites for hydroxylation is 1. The van der Waals surface area contributed by atoms with Crippen LogP contribution in [0.25, 0.3) is 5.69 Å². The van der Waals surface area contributed by atoms with E-state index in [-0.39, 0.29) is 16.2 Å². The molecule has 1 atom stereocenters. The van der Waals surface area contributed by atoms with E-state index >= 15 is 0 Å². The quantitative estimate of drug-likeness (QED) is 0.441. The maximum Gasteiger partial charge on any atom is 0.338 e. The summed E-state index contributed by atoms with van der Waals surface area (Å²) < 4.78 is 30.4. The number of carbonyl (C=O) groups is 2. The summed E-state index contributed by atoms with van der Waals surface area (Å²) in [6, 6.07) is 16.9. The van der Waals surface area contributed by atoms with Crippen LogP contribution < -0.4 is 0 Å². The molecule has 3 aromatic rings. The van der Waals surface area contributed by atoms with Crippen LogP contribution in [0.5, 0.6) is 0 Å². The van der Waals surface area contributed by atoms with Crippen molar-refractivity contribution in [1.29, 1.82) is 0 Å². The number of aromatic nitrogens is 1. The molecule has 0 saturated carbocycles. The molecule has 0 saturated heterocycles. The number of sulfone groups is 1. The Labute approximate surface area is 176 Å². The maximum absolute atomic E-state index is 12.9. The standard InChI is InChI=1S/C23H23NO5S/c1-15-14-21(16(2)24(15)19-8-6-5-7-9-19)22(25)17(3)29-23(26)18-10-12-20(13-11-18)30(4,27)28/h5-14,17H,1-4H3/t17-/m1/s1. The molecule has 0 aliphatic rings. The highest BCUT2D eigenvalue weighted by Crippen LogP contribution is 2.23. The third-order valence-electron chi connectivity index (χ3n) is 4.88. The van der Waals surface area contributed by atoms with Crippen molar-refractivity contribution in [2.24, 2.45) is 0 Å². The van der Waals surface area contributed by atoms with Crippen LogP contribution in [0.1, 0.15) is 39.0 Å². The summed E-state index contributed by atoms with van der Waals surface area (Å²) in [5.74, 6) is -0.987. The molecule has 0 N–H and O–H groups in total. The van der Waals surface area contributed by atoms with Crippen LogP contribution >= 0.6 is 0 Å². The molecule has 1 heterocycles. The zero-order chi connectivity index (χ0) is 22.1. The van der Waals surface area contributed by atoms with Gasteiger partial charge in [-0.1, -0.05) is 18.2 Å². The molecule has 0 unspecified atom stereocenters. The second-order valence-corrected chi connectivity index (χ2v) is 9.18. The molecule has 156 valence electrons. The van der Waals surface area contributed by atoms with E-state index in [9.17, 15) is 18.0 Å². The zero-order valence-corrected chi connectivity index (χ0v) is 18.1. The smallest absolute Gasteiger partial charge is 0.338 e. The van der Waals surface area contributed by atoms with Gasteiger partial charge in [-0.3, -0.25) is 4.79 Å². The largest absolute Gasteiger partial charge is 0.451 e. The Balaban J connectivity index is 1.79. The van der Waals surface area contributed by atoms with Gasteiger partial charge in [0.25, 0.3) is 0 Å². The van der Waals surface area contributed by atoms with Crippen molar-refractivity contribution >= 4 is 21.6 Å². The highest BCUT2D eigenvalue weighted by Gasteiger charge is 2.25. The molecule has 30 heavy (non-hydrogen) atoms. The SMILES string of the molecule is Cc1cc(C(=O)[C@@H](C)OC(=O)c2ccc(S(C)(=O)=O)cc2)c(C)n1-c1ccccc1. The van der Waals surface area contributed by atoms with Crippen LogP contribution in [0.2, 0.25) is 0 Å². The molecule has 0 aliphatic heterocycles. The van der Waals surface area contributed by atoms with E-state index in [0.29, 0.717) is 5.56 Å². The Morgan fingerprint density at radius 3 is 2.13 bits per heavy atom. The first-order valence-corrected chi connectivity index (χ1v) is 11.3. The molecule has 2 aromatic carbocycles. The van der Waals surface area contributed by atoms with Crippen LogP contribution in [-0.4, -0.2) is 37.1 Å². The van der Waals surface area contributed by atoms with Crippen molar-refractivity contribution in [2.45, 2.75) is 31.8 Å². The highest BCUT2D eigenvalue weighted by molar-refractivity contribution is 7.90. The van der Waals surface area contributed by atoms with Gasteiger partial charge in [0.1, 0.15) is 0 Å². The van der Waals surface area contributed by atoms with E-state index in [4.69, 9.17) is 4.74 Å². The number of rotatable bonds is 6. The summed E-state index contributed by atoms with van der Waals surface area (Å²) in [6.45, 7) is 5.29. The van der Waals surface area contributed by atoms with Crippen molar-refractivity contribution in [3.8, 4) is 5.69 Å². The van der Waals surface area contributed by atoms with Gasteiger partial charge in [0.2, 0.25) is 5.78 Å². The summed E-state index contributed by atoms with van der Waals surface area (Å²) in [5.41, 5.74) is 3.28. The van der Waals surface area contributed by atoms with Gasteiger partial charge in [0.05, 0.1) is 10.5 Å². The second-order valence-electron chi connectivity index (χ2n) is 7.16. The van der Waals surface area contributed by atoms with Gasteiger partial charge in [-0.2, -0.15) is 0 Å².